The molecule has 0 aromatic heterocycles. The van der Waals surface area contributed by atoms with Crippen LogP contribution in [0.15, 0.2) is 0 Å². The van der Waals surface area contributed by atoms with Gasteiger partial charge in [-0.15, -0.1) is 0 Å². The lowest BCUT2D eigenvalue weighted by atomic mass is 10.2. The third-order valence-corrected chi connectivity index (χ3v) is 2.14. The highest BCUT2D eigenvalue weighted by Crippen LogP contribution is 2.07. The predicted octanol–water partition coefficient (Wildman–Crippen LogP) is 1.66. The number of alkyl halides is 1. The summed E-state index contributed by atoms with van der Waals surface area (Å²) < 4.78 is 5.03. The van der Waals surface area contributed by atoms with Gasteiger partial charge in [-0.05, 0) is 27.7 Å². The summed E-state index contributed by atoms with van der Waals surface area (Å²) in [5.41, 5.74) is -0.511. The minimum absolute atomic E-state index is 0.329. The van der Waals surface area contributed by atoms with E-state index < -0.39 is 17.8 Å². The molecule has 0 aliphatic carbocycles. The fraction of sp³-hybridized carbons (Fsp3) is 0.889. The van der Waals surface area contributed by atoms with Crippen molar-refractivity contribution >= 4 is 22.0 Å². The molecule has 0 bridgehead atoms. The number of alkyl carbamates (subject to hydrolysis) is 1. The van der Waals surface area contributed by atoms with E-state index >= 15 is 0 Å². The number of hydrogen-bond acceptors (Lipinski definition) is 3. The summed E-state index contributed by atoms with van der Waals surface area (Å²) in [5.74, 6) is 0. The largest absolute Gasteiger partial charge is 0.444 e. The molecule has 0 saturated carbocycles. The van der Waals surface area contributed by atoms with Crippen LogP contribution >= 0.6 is 15.9 Å². The van der Waals surface area contributed by atoms with Crippen molar-refractivity contribution in [3.8, 4) is 0 Å². The quantitative estimate of drug-likeness (QED) is 0.765. The molecule has 0 radical (unpaired) electrons. The van der Waals surface area contributed by atoms with Gasteiger partial charge in [-0.25, -0.2) is 4.79 Å². The molecule has 0 aromatic carbocycles. The fourth-order valence-corrected chi connectivity index (χ4v) is 1.28. The SMILES string of the molecule is C[C@H](NC(=O)OC(C)(C)C)[C@H](O)CBr. The Morgan fingerprint density at radius 1 is 1.57 bits per heavy atom. The van der Waals surface area contributed by atoms with Crippen LogP contribution in [0.5, 0.6) is 0 Å². The van der Waals surface area contributed by atoms with Crippen LogP contribution < -0.4 is 5.32 Å². The lowest BCUT2D eigenvalue weighted by Gasteiger charge is -2.23. The van der Waals surface area contributed by atoms with E-state index in [0.29, 0.717) is 5.33 Å². The number of nitrogens with one attached hydrogen (secondary N) is 1. The standard InChI is InChI=1S/C9H18BrNO3/c1-6(7(12)5-10)11-8(13)14-9(2,3)4/h6-7,12H,5H2,1-4H3,(H,11,13)/t6-,7+/m0/s1. The average molecular weight is 268 g/mol. The first-order valence-corrected chi connectivity index (χ1v) is 5.62. The molecule has 2 atom stereocenters. The number of aliphatic hydroxyl groups is 1. The second-order valence-corrected chi connectivity index (χ2v) is 4.80. The number of aliphatic hydroxyl groups excluding tert-OH is 1. The van der Waals surface area contributed by atoms with Crippen LogP contribution in [0.4, 0.5) is 4.79 Å². The first-order valence-electron chi connectivity index (χ1n) is 4.50. The van der Waals surface area contributed by atoms with E-state index in [4.69, 9.17) is 4.74 Å². The summed E-state index contributed by atoms with van der Waals surface area (Å²) in [6, 6.07) is -0.329. The molecule has 0 fully saturated rings. The lowest BCUT2D eigenvalue weighted by molar-refractivity contribution is 0.0453. The van der Waals surface area contributed by atoms with Crippen molar-refractivity contribution in [2.24, 2.45) is 0 Å². The molecule has 0 saturated heterocycles. The fourth-order valence-electron chi connectivity index (χ4n) is 0.723. The second kappa shape index (κ2) is 5.56. The summed E-state index contributed by atoms with van der Waals surface area (Å²) in [6.07, 6.45) is -1.12. The van der Waals surface area contributed by atoms with Gasteiger partial charge in [-0.3, -0.25) is 0 Å². The van der Waals surface area contributed by atoms with Crippen LogP contribution in [-0.4, -0.2) is 34.3 Å². The average Bonchev–Trinajstić information content (AvgIpc) is 1.99. The molecule has 5 heteroatoms. The molecule has 0 rings (SSSR count). The number of hydrogen-bond donors (Lipinski definition) is 2. The van der Waals surface area contributed by atoms with E-state index in [9.17, 15) is 9.90 Å². The van der Waals surface area contributed by atoms with Crippen molar-refractivity contribution in [1.29, 1.82) is 0 Å². The maximum atomic E-state index is 11.2. The minimum Gasteiger partial charge on any atom is -0.444 e. The van der Waals surface area contributed by atoms with Gasteiger partial charge in [-0.2, -0.15) is 0 Å². The molecule has 2 N–H and O–H groups in total. The van der Waals surface area contributed by atoms with Crippen molar-refractivity contribution in [2.45, 2.75) is 45.4 Å². The van der Waals surface area contributed by atoms with Gasteiger partial charge in [0.05, 0.1) is 12.1 Å². The van der Waals surface area contributed by atoms with Gasteiger partial charge in [0.2, 0.25) is 0 Å². The lowest BCUT2D eigenvalue weighted by Crippen LogP contribution is -2.44. The van der Waals surface area contributed by atoms with Crippen molar-refractivity contribution in [3.05, 3.63) is 0 Å². The summed E-state index contributed by atoms with van der Waals surface area (Å²) in [5, 5.41) is 12.3. The van der Waals surface area contributed by atoms with Crippen LogP contribution in [0.25, 0.3) is 0 Å². The Kier molecular flexibility index (Phi) is 5.44. The van der Waals surface area contributed by atoms with E-state index in [2.05, 4.69) is 21.2 Å². The Hall–Kier alpha value is -0.290. The maximum Gasteiger partial charge on any atom is 0.407 e. The highest BCUT2D eigenvalue weighted by Gasteiger charge is 2.20. The zero-order chi connectivity index (χ0) is 11.4. The molecular weight excluding hydrogens is 250 g/mol. The van der Waals surface area contributed by atoms with Crippen LogP contribution in [0.2, 0.25) is 0 Å². The first kappa shape index (κ1) is 13.7. The van der Waals surface area contributed by atoms with Crippen LogP contribution in [-0.2, 0) is 4.74 Å². The molecule has 0 spiro atoms. The monoisotopic (exact) mass is 267 g/mol. The third kappa shape index (κ3) is 6.21. The molecule has 0 heterocycles. The Balaban J connectivity index is 3.95. The van der Waals surface area contributed by atoms with Crippen molar-refractivity contribution < 1.29 is 14.6 Å². The predicted molar refractivity (Wildman–Crippen MR) is 58.6 cm³/mol. The zero-order valence-corrected chi connectivity index (χ0v) is 10.6. The molecule has 1 amide bonds. The highest BCUT2D eigenvalue weighted by atomic mass is 79.9. The summed E-state index contributed by atoms with van der Waals surface area (Å²) in [4.78, 5) is 11.2. The number of halogens is 1. The molecule has 0 aliphatic heterocycles. The number of rotatable bonds is 3. The molecule has 0 unspecified atom stereocenters. The van der Waals surface area contributed by atoms with Gasteiger partial charge in [0, 0.05) is 5.33 Å². The molecule has 4 nitrogen and oxygen atoms in total. The molecule has 0 aromatic rings. The molecular formula is C9H18BrNO3. The smallest absolute Gasteiger partial charge is 0.407 e. The summed E-state index contributed by atoms with van der Waals surface area (Å²) >= 11 is 3.12. The third-order valence-electron chi connectivity index (χ3n) is 1.48. The van der Waals surface area contributed by atoms with Crippen molar-refractivity contribution in [1.82, 2.24) is 5.32 Å². The van der Waals surface area contributed by atoms with E-state index in [0.717, 1.165) is 0 Å². The Morgan fingerprint density at radius 2 is 2.07 bits per heavy atom. The molecule has 84 valence electrons. The van der Waals surface area contributed by atoms with Gasteiger partial charge in [-0.1, -0.05) is 15.9 Å². The number of carbonyl (C=O) groups is 1. The summed E-state index contributed by atoms with van der Waals surface area (Å²) in [7, 11) is 0. The van der Waals surface area contributed by atoms with Gasteiger partial charge >= 0.3 is 6.09 Å². The van der Waals surface area contributed by atoms with E-state index in [1.807, 2.05) is 0 Å². The van der Waals surface area contributed by atoms with Crippen molar-refractivity contribution in [2.75, 3.05) is 5.33 Å². The van der Waals surface area contributed by atoms with Gasteiger partial charge in [0.1, 0.15) is 5.60 Å². The Labute approximate surface area is 93.1 Å². The van der Waals surface area contributed by atoms with E-state index in [1.165, 1.54) is 0 Å². The number of carbonyl (C=O) groups excluding carboxylic acids is 1. The topological polar surface area (TPSA) is 58.6 Å². The van der Waals surface area contributed by atoms with E-state index in [1.54, 1.807) is 27.7 Å². The summed E-state index contributed by atoms with van der Waals surface area (Å²) in [6.45, 7) is 7.09. The maximum absolute atomic E-state index is 11.2. The van der Waals surface area contributed by atoms with Gasteiger partial charge in [0.15, 0.2) is 0 Å². The minimum atomic E-state index is -0.609. The molecule has 14 heavy (non-hydrogen) atoms. The van der Waals surface area contributed by atoms with Crippen LogP contribution in [0, 0.1) is 0 Å². The highest BCUT2D eigenvalue weighted by molar-refractivity contribution is 9.09. The van der Waals surface area contributed by atoms with Crippen molar-refractivity contribution in [3.63, 3.8) is 0 Å². The Bertz CT molecular complexity index is 191. The second-order valence-electron chi connectivity index (χ2n) is 4.16. The zero-order valence-electron chi connectivity index (χ0n) is 9.00. The molecule has 0 aliphatic rings. The van der Waals surface area contributed by atoms with Gasteiger partial charge < -0.3 is 15.2 Å². The number of amides is 1. The first-order chi connectivity index (χ1) is 6.26. The van der Waals surface area contributed by atoms with E-state index in [-0.39, 0.29) is 6.04 Å². The van der Waals surface area contributed by atoms with Crippen LogP contribution in [0.1, 0.15) is 27.7 Å². The Morgan fingerprint density at radius 3 is 2.43 bits per heavy atom. The van der Waals surface area contributed by atoms with Crippen LogP contribution in [0.3, 0.4) is 0 Å². The normalized spacial score (nSPS) is 15.9. The number of ether oxygens (including phenoxy) is 1. The van der Waals surface area contributed by atoms with Gasteiger partial charge in [0.25, 0.3) is 0 Å².